The van der Waals surface area contributed by atoms with Gasteiger partial charge in [-0.1, -0.05) is 44.2 Å². The van der Waals surface area contributed by atoms with E-state index in [4.69, 9.17) is 0 Å². The average molecular weight is 333 g/mol. The Morgan fingerprint density at radius 1 is 1.17 bits per heavy atom. The number of hydrogen-bond donors (Lipinski definition) is 2. The number of nitrogens with one attached hydrogen (secondary N) is 1. The largest absolute Gasteiger partial charge is 0.391 e. The number of nitrogens with zero attached hydrogens (tertiary/aromatic N) is 2. The molecule has 0 saturated carbocycles. The van der Waals surface area contributed by atoms with Crippen molar-refractivity contribution in [2.45, 2.75) is 32.4 Å². The molecule has 0 radical (unpaired) electrons. The monoisotopic (exact) mass is 333 g/mol. The second-order valence-corrected chi connectivity index (χ2v) is 7.18. The number of likely N-dealkylation sites (N-methyl/N-ethyl adjacent to an activating group) is 1. The summed E-state index contributed by atoms with van der Waals surface area (Å²) in [4.78, 5) is 17.4. The molecular weight excluding hydrogens is 302 g/mol. The van der Waals surface area contributed by atoms with E-state index in [2.05, 4.69) is 36.0 Å². The smallest absolute Gasteiger partial charge is 0.242 e. The van der Waals surface area contributed by atoms with E-state index in [1.54, 1.807) is 0 Å². The Labute approximate surface area is 145 Å². The van der Waals surface area contributed by atoms with Gasteiger partial charge in [0.05, 0.1) is 6.10 Å². The SMILES string of the molecule is CC(C)CC(O)CNC(=O)C(c1ccccc1)N1CCN(C)CC1. The molecule has 5 heteroatoms. The van der Waals surface area contributed by atoms with Gasteiger partial charge in [0.25, 0.3) is 0 Å². The summed E-state index contributed by atoms with van der Waals surface area (Å²) in [6, 6.07) is 9.64. The molecule has 24 heavy (non-hydrogen) atoms. The number of piperazine rings is 1. The fourth-order valence-corrected chi connectivity index (χ4v) is 3.19. The van der Waals surface area contributed by atoms with Gasteiger partial charge in [-0.3, -0.25) is 9.69 Å². The van der Waals surface area contributed by atoms with Crippen molar-refractivity contribution in [3.05, 3.63) is 35.9 Å². The maximum atomic E-state index is 12.8. The number of rotatable bonds is 7. The van der Waals surface area contributed by atoms with Gasteiger partial charge >= 0.3 is 0 Å². The van der Waals surface area contributed by atoms with Crippen LogP contribution in [0.5, 0.6) is 0 Å². The minimum Gasteiger partial charge on any atom is -0.391 e. The van der Waals surface area contributed by atoms with Gasteiger partial charge in [0, 0.05) is 32.7 Å². The molecule has 1 saturated heterocycles. The molecule has 2 unspecified atom stereocenters. The normalized spacial score (nSPS) is 19.2. The lowest BCUT2D eigenvalue weighted by atomic mass is 10.0. The van der Waals surface area contributed by atoms with Crippen LogP contribution in [0, 0.1) is 5.92 Å². The van der Waals surface area contributed by atoms with Crippen LogP contribution in [0.4, 0.5) is 0 Å². The zero-order valence-electron chi connectivity index (χ0n) is 15.1. The van der Waals surface area contributed by atoms with Gasteiger partial charge in [-0.2, -0.15) is 0 Å². The van der Waals surface area contributed by atoms with E-state index < -0.39 is 6.10 Å². The lowest BCUT2D eigenvalue weighted by molar-refractivity contribution is -0.128. The zero-order chi connectivity index (χ0) is 17.5. The van der Waals surface area contributed by atoms with Crippen molar-refractivity contribution in [1.29, 1.82) is 0 Å². The lowest BCUT2D eigenvalue weighted by Crippen LogP contribution is -2.50. The van der Waals surface area contributed by atoms with E-state index in [9.17, 15) is 9.90 Å². The van der Waals surface area contributed by atoms with E-state index in [1.165, 1.54) is 0 Å². The van der Waals surface area contributed by atoms with Crippen molar-refractivity contribution in [1.82, 2.24) is 15.1 Å². The minimum atomic E-state index is -0.488. The van der Waals surface area contributed by atoms with Crippen LogP contribution >= 0.6 is 0 Å². The summed E-state index contributed by atoms with van der Waals surface area (Å²) in [6.07, 6.45) is 0.211. The summed E-state index contributed by atoms with van der Waals surface area (Å²) in [6.45, 7) is 8.13. The Morgan fingerprint density at radius 3 is 2.38 bits per heavy atom. The number of carbonyl (C=O) groups is 1. The third-order valence-corrected chi connectivity index (χ3v) is 4.52. The minimum absolute atomic E-state index is 0.0199. The molecule has 1 aromatic carbocycles. The van der Waals surface area contributed by atoms with Gasteiger partial charge in [0.2, 0.25) is 5.91 Å². The van der Waals surface area contributed by atoms with E-state index in [0.29, 0.717) is 18.9 Å². The molecule has 1 aliphatic heterocycles. The van der Waals surface area contributed by atoms with Crippen LogP contribution in [0.1, 0.15) is 31.9 Å². The number of aliphatic hydroxyl groups is 1. The Balaban J connectivity index is 2.04. The third kappa shape index (κ3) is 5.58. The van der Waals surface area contributed by atoms with E-state index in [1.807, 2.05) is 30.3 Å². The highest BCUT2D eigenvalue weighted by atomic mass is 16.3. The predicted octanol–water partition coefficient (Wildman–Crippen LogP) is 1.50. The second-order valence-electron chi connectivity index (χ2n) is 7.18. The van der Waals surface area contributed by atoms with E-state index in [0.717, 1.165) is 31.7 Å². The third-order valence-electron chi connectivity index (χ3n) is 4.52. The van der Waals surface area contributed by atoms with Gasteiger partial charge in [0.1, 0.15) is 6.04 Å². The molecular formula is C19H31N3O2. The fraction of sp³-hybridized carbons (Fsp3) is 0.632. The summed E-state index contributed by atoms with van der Waals surface area (Å²) in [5.41, 5.74) is 1.01. The highest BCUT2D eigenvalue weighted by molar-refractivity contribution is 5.83. The lowest BCUT2D eigenvalue weighted by Gasteiger charge is -2.37. The first kappa shape index (κ1) is 18.9. The summed E-state index contributed by atoms with van der Waals surface area (Å²) in [5.74, 6) is 0.396. The number of hydrogen-bond acceptors (Lipinski definition) is 4. The number of amides is 1. The maximum Gasteiger partial charge on any atom is 0.242 e. The quantitative estimate of drug-likeness (QED) is 0.794. The van der Waals surface area contributed by atoms with Crippen LogP contribution in [0.3, 0.4) is 0 Å². The summed E-state index contributed by atoms with van der Waals surface area (Å²) in [5, 5.41) is 13.0. The van der Waals surface area contributed by atoms with Gasteiger partial charge < -0.3 is 15.3 Å². The van der Waals surface area contributed by atoms with Crippen LogP contribution < -0.4 is 5.32 Å². The van der Waals surface area contributed by atoms with Crippen LogP contribution in [-0.2, 0) is 4.79 Å². The van der Waals surface area contributed by atoms with Crippen molar-refractivity contribution < 1.29 is 9.90 Å². The molecule has 2 N–H and O–H groups in total. The Bertz CT molecular complexity index is 499. The van der Waals surface area contributed by atoms with Crippen molar-refractivity contribution in [3.63, 3.8) is 0 Å². The standard InChI is InChI=1S/C19H31N3O2/c1-15(2)13-17(23)14-20-19(24)18(16-7-5-4-6-8-16)22-11-9-21(3)10-12-22/h4-8,15,17-18,23H,9-14H2,1-3H3,(H,20,24). The Morgan fingerprint density at radius 2 is 1.79 bits per heavy atom. The van der Waals surface area contributed by atoms with Crippen molar-refractivity contribution in [2.75, 3.05) is 39.8 Å². The fourth-order valence-electron chi connectivity index (χ4n) is 3.19. The summed E-state index contributed by atoms with van der Waals surface area (Å²) < 4.78 is 0. The summed E-state index contributed by atoms with van der Waals surface area (Å²) in [7, 11) is 2.11. The first-order chi connectivity index (χ1) is 11.5. The first-order valence-electron chi connectivity index (χ1n) is 8.90. The second kappa shape index (κ2) is 9.16. The van der Waals surface area contributed by atoms with Crippen LogP contribution in [0.15, 0.2) is 30.3 Å². The van der Waals surface area contributed by atoms with Crippen molar-refractivity contribution >= 4 is 5.91 Å². The number of carbonyl (C=O) groups excluding carboxylic acids is 1. The highest BCUT2D eigenvalue weighted by Crippen LogP contribution is 2.22. The molecule has 0 aliphatic carbocycles. The molecule has 0 aromatic heterocycles. The van der Waals surface area contributed by atoms with Crippen molar-refractivity contribution in [2.24, 2.45) is 5.92 Å². The molecule has 134 valence electrons. The maximum absolute atomic E-state index is 12.8. The van der Waals surface area contributed by atoms with E-state index >= 15 is 0 Å². The number of aliphatic hydroxyl groups excluding tert-OH is 1. The highest BCUT2D eigenvalue weighted by Gasteiger charge is 2.29. The van der Waals surface area contributed by atoms with E-state index in [-0.39, 0.29) is 11.9 Å². The molecule has 2 atom stereocenters. The zero-order valence-corrected chi connectivity index (χ0v) is 15.1. The Hall–Kier alpha value is -1.43. The molecule has 1 heterocycles. The van der Waals surface area contributed by atoms with Gasteiger partial charge in [0.15, 0.2) is 0 Å². The van der Waals surface area contributed by atoms with Crippen LogP contribution in [-0.4, -0.2) is 66.7 Å². The molecule has 1 aliphatic rings. The molecule has 1 amide bonds. The average Bonchev–Trinajstić information content (AvgIpc) is 2.55. The first-order valence-corrected chi connectivity index (χ1v) is 8.90. The van der Waals surface area contributed by atoms with Crippen LogP contribution in [0.2, 0.25) is 0 Å². The van der Waals surface area contributed by atoms with Crippen molar-refractivity contribution in [3.8, 4) is 0 Å². The molecule has 1 aromatic rings. The van der Waals surface area contributed by atoms with Gasteiger partial charge in [-0.25, -0.2) is 0 Å². The van der Waals surface area contributed by atoms with Gasteiger partial charge in [-0.15, -0.1) is 0 Å². The Kier molecular flexibility index (Phi) is 7.21. The topological polar surface area (TPSA) is 55.8 Å². The van der Waals surface area contributed by atoms with Gasteiger partial charge in [-0.05, 0) is 24.9 Å². The molecule has 0 bridgehead atoms. The molecule has 0 spiro atoms. The summed E-state index contributed by atoms with van der Waals surface area (Å²) >= 11 is 0. The predicted molar refractivity (Wildman–Crippen MR) is 96.7 cm³/mol. The molecule has 5 nitrogen and oxygen atoms in total. The number of benzene rings is 1. The molecule has 1 fully saturated rings. The van der Waals surface area contributed by atoms with Crippen LogP contribution in [0.25, 0.3) is 0 Å². The molecule has 2 rings (SSSR count).